The summed E-state index contributed by atoms with van der Waals surface area (Å²) in [7, 11) is 0. The van der Waals surface area contributed by atoms with Crippen LogP contribution in [0, 0.1) is 0 Å². The summed E-state index contributed by atoms with van der Waals surface area (Å²) in [6.07, 6.45) is -1.45. The second-order valence-electron chi connectivity index (χ2n) is 5.25. The van der Waals surface area contributed by atoms with Gasteiger partial charge in [0.2, 0.25) is 0 Å². The van der Waals surface area contributed by atoms with E-state index in [1.165, 1.54) is 22.7 Å². The maximum absolute atomic E-state index is 12.6. The number of fused-ring (bicyclic) bond motifs is 3. The number of alkyl halides is 3. The van der Waals surface area contributed by atoms with E-state index in [1.54, 1.807) is 11.3 Å². The summed E-state index contributed by atoms with van der Waals surface area (Å²) in [6.45, 7) is 1.80. The second-order valence-corrected chi connectivity index (χ2v) is 6.31. The monoisotopic (exact) mass is 323 g/mol. The van der Waals surface area contributed by atoms with Crippen LogP contribution in [0.3, 0.4) is 0 Å². The van der Waals surface area contributed by atoms with Crippen LogP contribution >= 0.6 is 11.3 Å². The lowest BCUT2D eigenvalue weighted by Gasteiger charge is -2.11. The Morgan fingerprint density at radius 3 is 2.68 bits per heavy atom. The Morgan fingerprint density at radius 2 is 1.95 bits per heavy atom. The molecule has 114 valence electrons. The van der Waals surface area contributed by atoms with Crippen molar-refractivity contribution in [3.8, 4) is 11.3 Å². The van der Waals surface area contributed by atoms with E-state index in [0.29, 0.717) is 11.3 Å². The molecular weight excluding hydrogens is 311 g/mol. The van der Waals surface area contributed by atoms with Crippen molar-refractivity contribution in [1.82, 2.24) is 14.7 Å². The maximum atomic E-state index is 12.6. The fourth-order valence-corrected chi connectivity index (χ4v) is 3.83. The van der Waals surface area contributed by atoms with Crippen LogP contribution in [0.1, 0.15) is 16.1 Å². The van der Waals surface area contributed by atoms with Gasteiger partial charge in [0.25, 0.3) is 0 Å². The summed E-state index contributed by atoms with van der Waals surface area (Å²) in [6, 6.07) is 5.15. The van der Waals surface area contributed by atoms with Crippen molar-refractivity contribution >= 4 is 16.3 Å². The average Bonchev–Trinajstić information content (AvgIpc) is 3.04. The molecule has 0 atom stereocenters. The van der Waals surface area contributed by atoms with Gasteiger partial charge in [-0.25, -0.2) is 4.98 Å². The molecule has 3 heterocycles. The minimum Gasteiger partial charge on any atom is -0.311 e. The van der Waals surface area contributed by atoms with Crippen molar-refractivity contribution < 1.29 is 13.2 Å². The number of imidazole rings is 1. The van der Waals surface area contributed by atoms with Gasteiger partial charge in [-0.1, -0.05) is 23.5 Å². The van der Waals surface area contributed by atoms with E-state index in [1.807, 2.05) is 6.20 Å². The van der Waals surface area contributed by atoms with Gasteiger partial charge in [-0.05, 0) is 12.1 Å². The zero-order chi connectivity index (χ0) is 15.3. The molecule has 0 radical (unpaired) electrons. The number of thiazole rings is 1. The third kappa shape index (κ3) is 2.21. The summed E-state index contributed by atoms with van der Waals surface area (Å²) in [5.41, 5.74) is 2.03. The van der Waals surface area contributed by atoms with Crippen LogP contribution < -0.4 is 5.32 Å². The molecule has 1 aromatic carbocycles. The second kappa shape index (κ2) is 4.82. The average molecular weight is 323 g/mol. The zero-order valence-electron chi connectivity index (χ0n) is 11.4. The van der Waals surface area contributed by atoms with E-state index in [-0.39, 0.29) is 0 Å². The first-order valence-corrected chi connectivity index (χ1v) is 7.72. The molecule has 0 saturated heterocycles. The molecule has 0 fully saturated rings. The summed E-state index contributed by atoms with van der Waals surface area (Å²) in [4.78, 5) is 6.73. The van der Waals surface area contributed by atoms with Crippen LogP contribution in [0.2, 0.25) is 0 Å². The van der Waals surface area contributed by atoms with Crippen molar-refractivity contribution in [3.05, 3.63) is 46.6 Å². The topological polar surface area (TPSA) is 29.3 Å². The third-order valence-electron chi connectivity index (χ3n) is 3.83. The summed E-state index contributed by atoms with van der Waals surface area (Å²) in [5, 5.41) is 3.32. The van der Waals surface area contributed by atoms with Crippen molar-refractivity contribution in [3.63, 3.8) is 0 Å². The summed E-state index contributed by atoms with van der Waals surface area (Å²) >= 11 is 1.63. The van der Waals surface area contributed by atoms with E-state index in [0.717, 1.165) is 36.6 Å². The predicted molar refractivity (Wildman–Crippen MR) is 78.9 cm³/mol. The van der Waals surface area contributed by atoms with E-state index in [9.17, 15) is 13.2 Å². The molecule has 0 spiro atoms. The maximum Gasteiger partial charge on any atom is 0.416 e. The normalized spacial score (nSPS) is 15.2. The molecule has 0 bridgehead atoms. The van der Waals surface area contributed by atoms with Crippen LogP contribution in [0.4, 0.5) is 13.2 Å². The van der Waals surface area contributed by atoms with Gasteiger partial charge in [0.05, 0.1) is 11.3 Å². The molecule has 22 heavy (non-hydrogen) atoms. The van der Waals surface area contributed by atoms with Crippen molar-refractivity contribution in [2.24, 2.45) is 0 Å². The Balaban J connectivity index is 1.73. The number of benzene rings is 1. The van der Waals surface area contributed by atoms with E-state index in [2.05, 4.69) is 14.7 Å². The number of hydrogen-bond donors (Lipinski definition) is 1. The Labute approximate surface area is 128 Å². The molecule has 0 saturated carbocycles. The Morgan fingerprint density at radius 1 is 1.18 bits per heavy atom. The van der Waals surface area contributed by atoms with Crippen molar-refractivity contribution in [1.29, 1.82) is 0 Å². The number of rotatable bonds is 1. The van der Waals surface area contributed by atoms with Gasteiger partial charge in [-0.15, -0.1) is 0 Å². The standard InChI is InChI=1S/C15H12F3N3S/c16-15(17,18)10-3-1-9(2-4-10)11-8-21-12-5-6-19-7-13(12)22-14(21)20-11/h1-4,8,19H,5-7H2. The highest BCUT2D eigenvalue weighted by Gasteiger charge is 2.30. The molecule has 0 aliphatic carbocycles. The highest BCUT2D eigenvalue weighted by atomic mass is 32.1. The molecule has 2 aromatic heterocycles. The molecule has 3 nitrogen and oxygen atoms in total. The lowest BCUT2D eigenvalue weighted by molar-refractivity contribution is -0.137. The summed E-state index contributed by atoms with van der Waals surface area (Å²) < 4.78 is 39.9. The fourth-order valence-electron chi connectivity index (χ4n) is 2.71. The predicted octanol–water partition coefficient (Wildman–Crippen LogP) is 3.73. The third-order valence-corrected chi connectivity index (χ3v) is 4.93. The number of aromatic nitrogens is 2. The molecule has 0 unspecified atom stereocenters. The molecule has 7 heteroatoms. The highest BCUT2D eigenvalue weighted by Crippen LogP contribution is 2.32. The van der Waals surface area contributed by atoms with Crippen molar-refractivity contribution in [2.75, 3.05) is 6.54 Å². The molecule has 1 aliphatic rings. The SMILES string of the molecule is FC(F)(F)c1ccc(-c2cn3c4c(sc3n2)CNCC4)cc1. The van der Waals surface area contributed by atoms with E-state index < -0.39 is 11.7 Å². The van der Waals surface area contributed by atoms with Gasteiger partial charge in [0, 0.05) is 41.8 Å². The van der Waals surface area contributed by atoms with Gasteiger partial charge in [0.1, 0.15) is 0 Å². The zero-order valence-corrected chi connectivity index (χ0v) is 12.3. The Hall–Kier alpha value is -1.86. The van der Waals surface area contributed by atoms with Gasteiger partial charge in [-0.3, -0.25) is 4.40 Å². The Bertz CT molecular complexity index is 830. The smallest absolute Gasteiger partial charge is 0.311 e. The van der Waals surface area contributed by atoms with Crippen LogP contribution in [0.15, 0.2) is 30.5 Å². The molecule has 1 aliphatic heterocycles. The highest BCUT2D eigenvalue weighted by molar-refractivity contribution is 7.17. The van der Waals surface area contributed by atoms with Crippen LogP contribution in [-0.2, 0) is 19.1 Å². The molecular formula is C15H12F3N3S. The molecule has 1 N–H and O–H groups in total. The van der Waals surface area contributed by atoms with Crippen LogP contribution in [-0.4, -0.2) is 15.9 Å². The van der Waals surface area contributed by atoms with Gasteiger partial charge in [0.15, 0.2) is 4.96 Å². The fraction of sp³-hybridized carbons (Fsp3) is 0.267. The number of nitrogens with zero attached hydrogens (tertiary/aromatic N) is 2. The molecule has 4 rings (SSSR count). The van der Waals surface area contributed by atoms with Gasteiger partial charge < -0.3 is 5.32 Å². The minimum absolute atomic E-state index is 0.638. The molecule has 3 aromatic rings. The van der Waals surface area contributed by atoms with Crippen LogP contribution in [0.25, 0.3) is 16.2 Å². The molecule has 0 amide bonds. The first-order valence-electron chi connectivity index (χ1n) is 6.90. The number of hydrogen-bond acceptors (Lipinski definition) is 3. The largest absolute Gasteiger partial charge is 0.416 e. The van der Waals surface area contributed by atoms with E-state index in [4.69, 9.17) is 0 Å². The number of nitrogens with one attached hydrogen (secondary N) is 1. The van der Waals surface area contributed by atoms with Gasteiger partial charge >= 0.3 is 6.18 Å². The quantitative estimate of drug-likeness (QED) is 0.739. The lowest BCUT2D eigenvalue weighted by Crippen LogP contribution is -2.23. The Kier molecular flexibility index (Phi) is 3.02. The van der Waals surface area contributed by atoms with Crippen molar-refractivity contribution in [2.45, 2.75) is 19.1 Å². The van der Waals surface area contributed by atoms with E-state index >= 15 is 0 Å². The minimum atomic E-state index is -4.31. The first-order chi connectivity index (χ1) is 10.5. The van der Waals surface area contributed by atoms with Crippen LogP contribution in [0.5, 0.6) is 0 Å². The first kappa shape index (κ1) is 13.8. The summed E-state index contributed by atoms with van der Waals surface area (Å²) in [5.74, 6) is 0. The number of halogens is 3. The lowest BCUT2D eigenvalue weighted by atomic mass is 10.1. The van der Waals surface area contributed by atoms with Gasteiger partial charge in [-0.2, -0.15) is 13.2 Å².